The Morgan fingerprint density at radius 2 is 0.568 bits per heavy atom. The topological polar surface area (TPSA) is 95.9 Å². The SMILES string of the molecule is CCCCCCCC/C=C\CCCCCCCCCCCC(=O)OCCCCCCCCCCCCC/C=C\C/C=C\CCCCCCCCCCCCCCCCCCCC(=O)NC(CO)C(O)/C=C/CCCCCCCCCCCCCCCCC. The maximum absolute atomic E-state index is 12.5. The van der Waals surface area contributed by atoms with E-state index >= 15 is 0 Å². The van der Waals surface area contributed by atoms with Crippen LogP contribution in [0.3, 0.4) is 0 Å². The van der Waals surface area contributed by atoms with Crippen LogP contribution in [0.5, 0.6) is 0 Å². The molecule has 0 rings (SSSR count). The molecule has 2 unspecified atom stereocenters. The van der Waals surface area contributed by atoms with Crippen molar-refractivity contribution in [2.24, 2.45) is 0 Å². The summed E-state index contributed by atoms with van der Waals surface area (Å²) in [6.07, 6.45) is 102. The summed E-state index contributed by atoms with van der Waals surface area (Å²) >= 11 is 0. The molecule has 88 heavy (non-hydrogen) atoms. The van der Waals surface area contributed by atoms with Crippen LogP contribution in [0.15, 0.2) is 48.6 Å². The minimum absolute atomic E-state index is 0.0167. The molecule has 0 fully saturated rings. The van der Waals surface area contributed by atoms with Crippen LogP contribution in [-0.2, 0) is 14.3 Å². The van der Waals surface area contributed by atoms with Crippen LogP contribution in [0.2, 0.25) is 0 Å². The van der Waals surface area contributed by atoms with E-state index in [4.69, 9.17) is 4.74 Å². The number of amides is 1. The highest BCUT2D eigenvalue weighted by Gasteiger charge is 2.18. The lowest BCUT2D eigenvalue weighted by Gasteiger charge is -2.20. The summed E-state index contributed by atoms with van der Waals surface area (Å²) in [6.45, 7) is 4.94. The van der Waals surface area contributed by atoms with Crippen molar-refractivity contribution < 1.29 is 24.5 Å². The van der Waals surface area contributed by atoms with Crippen LogP contribution in [0, 0.1) is 0 Å². The third-order valence-corrected chi connectivity index (χ3v) is 18.6. The van der Waals surface area contributed by atoms with Crippen LogP contribution >= 0.6 is 0 Å². The van der Waals surface area contributed by atoms with Gasteiger partial charge >= 0.3 is 5.97 Å². The van der Waals surface area contributed by atoms with Crippen molar-refractivity contribution >= 4 is 11.9 Å². The van der Waals surface area contributed by atoms with Crippen molar-refractivity contribution in [3.63, 3.8) is 0 Å². The van der Waals surface area contributed by atoms with E-state index in [1.165, 1.54) is 366 Å². The second kappa shape index (κ2) is 77.3. The lowest BCUT2D eigenvalue weighted by atomic mass is 10.0. The van der Waals surface area contributed by atoms with Crippen LogP contribution in [-0.4, -0.2) is 47.4 Å². The Labute approximate surface area is 550 Å². The maximum atomic E-state index is 12.5. The minimum atomic E-state index is -0.844. The Kier molecular flexibility index (Phi) is 75.4. The molecule has 0 aromatic heterocycles. The van der Waals surface area contributed by atoms with Crippen LogP contribution in [0.4, 0.5) is 0 Å². The molecule has 518 valence electrons. The monoisotopic (exact) mass is 1230 g/mol. The average Bonchev–Trinajstić information content (AvgIpc) is 3.58. The summed E-state index contributed by atoms with van der Waals surface area (Å²) in [7, 11) is 0. The fourth-order valence-corrected chi connectivity index (χ4v) is 12.5. The summed E-state index contributed by atoms with van der Waals surface area (Å²) in [6, 6.07) is -0.627. The van der Waals surface area contributed by atoms with Gasteiger partial charge in [0.25, 0.3) is 0 Å². The van der Waals surface area contributed by atoms with Gasteiger partial charge in [-0.25, -0.2) is 0 Å². The van der Waals surface area contributed by atoms with Crippen molar-refractivity contribution in [3.8, 4) is 0 Å². The standard InChI is InChI=1S/C82H155NO5/c1-3-5-7-9-11-13-15-17-19-21-39-44-48-52-56-60-64-68-72-76-82(87)88-77-73-69-65-61-57-53-49-45-41-38-36-34-32-30-28-26-24-22-23-25-27-29-31-33-35-37-40-43-47-51-55-59-63-67-71-75-81(86)83-79(78-84)80(85)74-70-66-62-58-54-50-46-42-20-18-16-14-12-10-8-6-4-2/h17,19,24,26,30,32,70,74,79-80,84-85H,3-16,18,20-23,25,27-29,31,33-69,71-73,75-78H2,1-2H3,(H,83,86)/b19-17-,26-24-,32-30-,74-70+. The predicted molar refractivity (Wildman–Crippen MR) is 389 cm³/mol. The number of hydrogen-bond donors (Lipinski definition) is 3. The summed E-state index contributed by atoms with van der Waals surface area (Å²) in [4.78, 5) is 24.6. The highest BCUT2D eigenvalue weighted by Crippen LogP contribution is 2.19. The fourth-order valence-electron chi connectivity index (χ4n) is 12.5. The number of carbonyl (C=O) groups is 2. The maximum Gasteiger partial charge on any atom is 0.305 e. The number of esters is 1. The van der Waals surface area contributed by atoms with Gasteiger partial charge in [0.05, 0.1) is 25.4 Å². The molecule has 6 nitrogen and oxygen atoms in total. The molecule has 0 bridgehead atoms. The second-order valence-electron chi connectivity index (χ2n) is 27.4. The van der Waals surface area contributed by atoms with Crippen LogP contribution in [0.1, 0.15) is 438 Å². The van der Waals surface area contributed by atoms with Gasteiger partial charge in [-0.15, -0.1) is 0 Å². The molecule has 2 atom stereocenters. The van der Waals surface area contributed by atoms with Crippen LogP contribution < -0.4 is 5.32 Å². The molecular formula is C82H155NO5. The average molecular weight is 1240 g/mol. The summed E-state index contributed by atoms with van der Waals surface area (Å²) in [5.41, 5.74) is 0. The lowest BCUT2D eigenvalue weighted by molar-refractivity contribution is -0.143. The van der Waals surface area contributed by atoms with Gasteiger partial charge in [-0.1, -0.05) is 383 Å². The van der Waals surface area contributed by atoms with E-state index in [-0.39, 0.29) is 18.5 Å². The first-order chi connectivity index (χ1) is 43.5. The highest BCUT2D eigenvalue weighted by molar-refractivity contribution is 5.76. The normalized spacial score (nSPS) is 12.7. The van der Waals surface area contributed by atoms with Crippen molar-refractivity contribution in [3.05, 3.63) is 48.6 Å². The number of allylic oxidation sites excluding steroid dienone is 7. The summed E-state index contributed by atoms with van der Waals surface area (Å²) < 4.78 is 5.51. The summed E-state index contributed by atoms with van der Waals surface area (Å²) in [5.74, 6) is -0.0459. The molecule has 0 radical (unpaired) electrons. The first-order valence-corrected chi connectivity index (χ1v) is 39.9. The van der Waals surface area contributed by atoms with Gasteiger partial charge in [-0.3, -0.25) is 9.59 Å². The van der Waals surface area contributed by atoms with Gasteiger partial charge in [0.2, 0.25) is 5.91 Å². The van der Waals surface area contributed by atoms with E-state index in [9.17, 15) is 19.8 Å². The molecule has 0 aliphatic carbocycles. The number of aliphatic hydroxyl groups is 2. The first-order valence-electron chi connectivity index (χ1n) is 39.9. The van der Waals surface area contributed by atoms with E-state index in [0.717, 1.165) is 44.9 Å². The second-order valence-corrected chi connectivity index (χ2v) is 27.4. The molecule has 0 aliphatic rings. The van der Waals surface area contributed by atoms with E-state index in [0.29, 0.717) is 19.4 Å². The molecule has 0 heterocycles. The van der Waals surface area contributed by atoms with Crippen molar-refractivity contribution in [2.75, 3.05) is 13.2 Å². The number of rotatable bonds is 75. The van der Waals surface area contributed by atoms with Gasteiger partial charge in [-0.05, 0) is 89.9 Å². The Morgan fingerprint density at radius 3 is 0.875 bits per heavy atom. The van der Waals surface area contributed by atoms with Crippen molar-refractivity contribution in [1.29, 1.82) is 0 Å². The molecule has 6 heteroatoms. The molecule has 0 saturated carbocycles. The number of unbranched alkanes of at least 4 members (excludes halogenated alkanes) is 58. The van der Waals surface area contributed by atoms with E-state index in [1.807, 2.05) is 6.08 Å². The molecule has 3 N–H and O–H groups in total. The molecule has 0 aromatic rings. The van der Waals surface area contributed by atoms with Gasteiger partial charge < -0.3 is 20.3 Å². The smallest absolute Gasteiger partial charge is 0.305 e. The number of nitrogens with one attached hydrogen (secondary N) is 1. The Balaban J connectivity index is 3.37. The van der Waals surface area contributed by atoms with Gasteiger partial charge in [0.15, 0.2) is 0 Å². The van der Waals surface area contributed by atoms with Crippen molar-refractivity contribution in [1.82, 2.24) is 5.32 Å². The zero-order chi connectivity index (χ0) is 63.5. The van der Waals surface area contributed by atoms with Gasteiger partial charge in [0.1, 0.15) is 0 Å². The van der Waals surface area contributed by atoms with Gasteiger partial charge in [-0.2, -0.15) is 0 Å². The minimum Gasteiger partial charge on any atom is -0.466 e. The zero-order valence-corrected chi connectivity index (χ0v) is 59.5. The quantitative estimate of drug-likeness (QED) is 0.0320. The highest BCUT2D eigenvalue weighted by atomic mass is 16.5. The lowest BCUT2D eigenvalue weighted by Crippen LogP contribution is -2.45. The molecule has 0 aromatic carbocycles. The Morgan fingerprint density at radius 1 is 0.318 bits per heavy atom. The third kappa shape index (κ3) is 72.9. The number of aliphatic hydroxyl groups excluding tert-OH is 2. The third-order valence-electron chi connectivity index (χ3n) is 18.6. The van der Waals surface area contributed by atoms with Gasteiger partial charge in [0, 0.05) is 12.8 Å². The molecule has 1 amide bonds. The largest absolute Gasteiger partial charge is 0.466 e. The molecule has 0 saturated heterocycles. The molecule has 0 aliphatic heterocycles. The first kappa shape index (κ1) is 85.8. The molecule has 0 spiro atoms. The number of ether oxygens (including phenoxy) is 1. The van der Waals surface area contributed by atoms with Crippen LogP contribution in [0.25, 0.3) is 0 Å². The zero-order valence-electron chi connectivity index (χ0n) is 59.5. The predicted octanol–water partition coefficient (Wildman–Crippen LogP) is 26.4. The van der Waals surface area contributed by atoms with Crippen molar-refractivity contribution in [2.45, 2.75) is 450 Å². The Hall–Kier alpha value is -2.18. The van der Waals surface area contributed by atoms with E-state index in [1.54, 1.807) is 6.08 Å². The fraction of sp³-hybridized carbons (Fsp3) is 0.878. The number of hydrogen-bond acceptors (Lipinski definition) is 5. The summed E-state index contributed by atoms with van der Waals surface area (Å²) in [5, 5.41) is 23.2. The van der Waals surface area contributed by atoms with E-state index < -0.39 is 12.1 Å². The van der Waals surface area contributed by atoms with E-state index in [2.05, 4.69) is 55.6 Å². The number of carbonyl (C=O) groups excluding carboxylic acids is 2. The Bertz CT molecular complexity index is 1470. The molecular weight excluding hydrogens is 1080 g/mol.